The minimum absolute atomic E-state index is 0.126. The largest absolute Gasteiger partial charge is 0.478 e. The number of carbonyl (C=O) groups is 1. The summed E-state index contributed by atoms with van der Waals surface area (Å²) in [5.41, 5.74) is -1.17. The van der Waals surface area contributed by atoms with Gasteiger partial charge in [0, 0.05) is 4.90 Å². The van der Waals surface area contributed by atoms with Crippen molar-refractivity contribution in [2.75, 3.05) is 0 Å². The van der Waals surface area contributed by atoms with Crippen LogP contribution in [-0.4, -0.2) is 11.1 Å². The first-order valence-electron chi connectivity index (χ1n) is 3.59. The molecule has 0 bridgehead atoms. The quantitative estimate of drug-likeness (QED) is 0.878. The number of carboxylic acids is 1. The second-order valence-electron chi connectivity index (χ2n) is 2.59. The lowest BCUT2D eigenvalue weighted by Gasteiger charge is -2.08. The molecule has 0 heterocycles. The van der Waals surface area contributed by atoms with Crippen LogP contribution in [0.15, 0.2) is 23.1 Å². The maximum absolute atomic E-state index is 12.2. The van der Waals surface area contributed by atoms with Crippen LogP contribution in [0.1, 0.15) is 15.9 Å². The summed E-state index contributed by atoms with van der Waals surface area (Å²) in [5, 5.41) is 8.64. The Kier molecular flexibility index (Phi) is 3.51. The smallest absolute Gasteiger partial charge is 0.416 e. The number of carboxylic acid groups (broad SMARTS) is 1. The Bertz CT molecular complexity index is 392. The number of halogens is 4. The maximum atomic E-state index is 12.2. The van der Waals surface area contributed by atoms with Crippen molar-refractivity contribution in [1.29, 1.82) is 0 Å². The molecule has 0 aliphatic heterocycles. The van der Waals surface area contributed by atoms with E-state index in [1.54, 1.807) is 0 Å². The van der Waals surface area contributed by atoms with E-state index in [2.05, 4.69) is 0 Å². The molecular formula is C8H4ClF3O2S. The summed E-state index contributed by atoms with van der Waals surface area (Å²) in [6.07, 6.45) is -4.50. The zero-order valence-electron chi connectivity index (χ0n) is 7.01. The second kappa shape index (κ2) is 4.32. The van der Waals surface area contributed by atoms with Gasteiger partial charge in [-0.1, -0.05) is 0 Å². The molecule has 0 aliphatic rings. The molecule has 0 amide bonds. The summed E-state index contributed by atoms with van der Waals surface area (Å²) in [6.45, 7) is 0. The van der Waals surface area contributed by atoms with Gasteiger partial charge in [-0.25, -0.2) is 4.79 Å². The van der Waals surface area contributed by atoms with E-state index in [4.69, 9.17) is 15.8 Å². The molecule has 0 fully saturated rings. The van der Waals surface area contributed by atoms with Crippen LogP contribution in [-0.2, 0) is 6.18 Å². The van der Waals surface area contributed by atoms with Crippen molar-refractivity contribution < 1.29 is 23.1 Å². The van der Waals surface area contributed by atoms with Gasteiger partial charge >= 0.3 is 12.1 Å². The minimum atomic E-state index is -4.50. The lowest BCUT2D eigenvalue weighted by Crippen LogP contribution is -2.07. The zero-order valence-corrected chi connectivity index (χ0v) is 8.58. The molecule has 1 N–H and O–H groups in total. The van der Waals surface area contributed by atoms with E-state index in [0.717, 1.165) is 6.07 Å². The third-order valence-corrected chi connectivity index (χ3v) is 2.63. The third-order valence-electron chi connectivity index (χ3n) is 1.62. The van der Waals surface area contributed by atoms with Crippen molar-refractivity contribution in [3.63, 3.8) is 0 Å². The molecule has 0 aromatic heterocycles. The number of hydrogen-bond donors (Lipinski definition) is 1. The number of rotatable bonds is 2. The van der Waals surface area contributed by atoms with Crippen LogP contribution in [0.3, 0.4) is 0 Å². The summed E-state index contributed by atoms with van der Waals surface area (Å²) in [7, 11) is 5.73. The van der Waals surface area contributed by atoms with E-state index in [0.29, 0.717) is 23.1 Å². The Morgan fingerprint density at radius 3 is 2.40 bits per heavy atom. The summed E-state index contributed by atoms with van der Waals surface area (Å²) < 4.78 is 36.7. The Labute approximate surface area is 91.5 Å². The van der Waals surface area contributed by atoms with Gasteiger partial charge in [-0.15, -0.1) is 0 Å². The Morgan fingerprint density at radius 2 is 2.00 bits per heavy atom. The van der Waals surface area contributed by atoms with Gasteiger partial charge in [0.2, 0.25) is 0 Å². The number of alkyl halides is 3. The molecule has 1 aromatic rings. The van der Waals surface area contributed by atoms with Crippen LogP contribution in [0.25, 0.3) is 0 Å². The van der Waals surface area contributed by atoms with Gasteiger partial charge in [0.1, 0.15) is 0 Å². The minimum Gasteiger partial charge on any atom is -0.478 e. The van der Waals surface area contributed by atoms with Gasteiger partial charge < -0.3 is 5.11 Å². The first-order valence-corrected chi connectivity index (χ1v) is 5.23. The fourth-order valence-electron chi connectivity index (χ4n) is 0.939. The van der Waals surface area contributed by atoms with Gasteiger partial charge in [0.05, 0.1) is 11.1 Å². The van der Waals surface area contributed by atoms with Crippen LogP contribution in [0.4, 0.5) is 13.2 Å². The number of hydrogen-bond acceptors (Lipinski definition) is 2. The van der Waals surface area contributed by atoms with Crippen molar-refractivity contribution in [3.8, 4) is 0 Å². The maximum Gasteiger partial charge on any atom is 0.416 e. The standard InChI is InChI=1S/C8H4ClF3O2S/c9-15-6-3-4(8(10,11)12)1-2-5(6)7(13)14/h1-3H,(H,13,14). The Hall–Kier alpha value is -0.880. The monoisotopic (exact) mass is 256 g/mol. The van der Waals surface area contributed by atoms with Crippen molar-refractivity contribution >= 4 is 27.6 Å². The summed E-state index contributed by atoms with van der Waals surface area (Å²) in [6, 6.07) is 2.30. The molecule has 0 saturated carbocycles. The molecule has 1 rings (SSSR count). The molecule has 82 valence electrons. The first-order chi connectivity index (χ1) is 6.86. The number of benzene rings is 1. The normalized spacial score (nSPS) is 11.5. The summed E-state index contributed by atoms with van der Waals surface area (Å²) >= 11 is 0. The highest BCUT2D eigenvalue weighted by Gasteiger charge is 2.31. The van der Waals surface area contributed by atoms with Gasteiger partial charge in [0.15, 0.2) is 0 Å². The highest BCUT2D eigenvalue weighted by Crippen LogP contribution is 2.34. The topological polar surface area (TPSA) is 37.3 Å². The van der Waals surface area contributed by atoms with E-state index >= 15 is 0 Å². The molecule has 0 atom stereocenters. The lowest BCUT2D eigenvalue weighted by atomic mass is 10.1. The highest BCUT2D eigenvalue weighted by atomic mass is 35.7. The van der Waals surface area contributed by atoms with E-state index in [1.807, 2.05) is 0 Å². The third kappa shape index (κ3) is 2.79. The molecule has 0 aliphatic carbocycles. The van der Waals surface area contributed by atoms with Crippen LogP contribution < -0.4 is 0 Å². The van der Waals surface area contributed by atoms with Gasteiger partial charge in [-0.05, 0) is 39.9 Å². The van der Waals surface area contributed by atoms with E-state index in [1.165, 1.54) is 0 Å². The molecule has 0 spiro atoms. The van der Waals surface area contributed by atoms with Crippen LogP contribution >= 0.6 is 21.7 Å². The van der Waals surface area contributed by atoms with E-state index < -0.39 is 17.7 Å². The molecule has 7 heteroatoms. The highest BCUT2D eigenvalue weighted by molar-refractivity contribution is 8.21. The molecular weight excluding hydrogens is 253 g/mol. The summed E-state index contributed by atoms with van der Waals surface area (Å²) in [5.74, 6) is -1.31. The van der Waals surface area contributed by atoms with Crippen LogP contribution in [0.2, 0.25) is 0 Å². The van der Waals surface area contributed by atoms with Crippen molar-refractivity contribution in [2.24, 2.45) is 0 Å². The molecule has 15 heavy (non-hydrogen) atoms. The second-order valence-corrected chi connectivity index (χ2v) is 3.65. The van der Waals surface area contributed by atoms with Crippen LogP contribution in [0, 0.1) is 0 Å². The van der Waals surface area contributed by atoms with Gasteiger partial charge in [-0.2, -0.15) is 13.2 Å². The molecule has 2 nitrogen and oxygen atoms in total. The van der Waals surface area contributed by atoms with Gasteiger partial charge in [0.25, 0.3) is 0 Å². The fourth-order valence-corrected chi connectivity index (χ4v) is 1.73. The van der Waals surface area contributed by atoms with Crippen molar-refractivity contribution in [2.45, 2.75) is 11.1 Å². The molecule has 0 radical (unpaired) electrons. The average molecular weight is 257 g/mol. The Morgan fingerprint density at radius 1 is 1.40 bits per heavy atom. The van der Waals surface area contributed by atoms with Crippen LogP contribution in [0.5, 0.6) is 0 Å². The average Bonchev–Trinajstić information content (AvgIpc) is 2.15. The SMILES string of the molecule is O=C(O)c1ccc(C(F)(F)F)cc1SCl. The predicted molar refractivity (Wildman–Crippen MR) is 50.1 cm³/mol. The fraction of sp³-hybridized carbons (Fsp3) is 0.125. The van der Waals surface area contributed by atoms with Gasteiger partial charge in [-0.3, -0.25) is 0 Å². The Balaban J connectivity index is 3.25. The summed E-state index contributed by atoms with van der Waals surface area (Å²) in [4.78, 5) is 10.5. The lowest BCUT2D eigenvalue weighted by molar-refractivity contribution is -0.137. The van der Waals surface area contributed by atoms with E-state index in [-0.39, 0.29) is 10.5 Å². The molecule has 0 unspecified atom stereocenters. The van der Waals surface area contributed by atoms with Crippen molar-refractivity contribution in [3.05, 3.63) is 29.3 Å². The van der Waals surface area contributed by atoms with E-state index in [9.17, 15) is 18.0 Å². The first kappa shape index (κ1) is 12.2. The predicted octanol–water partition coefficient (Wildman–Crippen LogP) is 3.65. The van der Waals surface area contributed by atoms with Crippen molar-refractivity contribution in [1.82, 2.24) is 0 Å². The zero-order chi connectivity index (χ0) is 11.6. The molecule has 1 aromatic carbocycles. The molecule has 0 saturated heterocycles. The number of aromatic carboxylic acids is 1.